The van der Waals surface area contributed by atoms with Crippen LogP contribution in [0.2, 0.25) is 0 Å². The summed E-state index contributed by atoms with van der Waals surface area (Å²) in [7, 11) is 0. The van der Waals surface area contributed by atoms with Gasteiger partial charge in [0.25, 0.3) is 0 Å². The highest BCUT2D eigenvalue weighted by Crippen LogP contribution is 2.63. The van der Waals surface area contributed by atoms with Crippen molar-refractivity contribution >= 4 is 56.1 Å². The smallest absolute Gasteiger partial charge is 0.135 e. The molecule has 0 bridgehead atoms. The summed E-state index contributed by atoms with van der Waals surface area (Å²) in [5.41, 5.74) is 20.5. The molecule has 1 aliphatic carbocycles. The Kier molecular flexibility index (Phi) is 8.13. The summed E-state index contributed by atoms with van der Waals surface area (Å²) in [4.78, 5) is 4.84. The lowest BCUT2D eigenvalue weighted by atomic mass is 9.64. The van der Waals surface area contributed by atoms with Gasteiger partial charge in [0, 0.05) is 33.5 Å². The van der Waals surface area contributed by atoms with Crippen LogP contribution in [0.15, 0.2) is 247 Å². The first-order chi connectivity index (χ1) is 31.7. The Balaban J connectivity index is 0.980. The molecule has 0 unspecified atom stereocenters. The maximum atomic E-state index is 6.17. The average molecular weight is 817 g/mol. The highest BCUT2D eigenvalue weighted by atomic mass is 16.3. The predicted octanol–water partition coefficient (Wildman–Crippen LogP) is 16.5. The van der Waals surface area contributed by atoms with Crippen LogP contribution in [0.3, 0.4) is 0 Å². The van der Waals surface area contributed by atoms with Gasteiger partial charge in [-0.1, -0.05) is 164 Å². The van der Waals surface area contributed by atoms with Crippen LogP contribution in [0, 0.1) is 0 Å². The minimum atomic E-state index is -0.520. The molecule has 0 atom stereocenters. The van der Waals surface area contributed by atoms with Crippen molar-refractivity contribution in [3.05, 3.63) is 265 Å². The highest BCUT2D eigenvalue weighted by Gasteiger charge is 2.51. The lowest BCUT2D eigenvalue weighted by Gasteiger charge is -2.45. The van der Waals surface area contributed by atoms with Crippen molar-refractivity contribution in [2.45, 2.75) is 5.41 Å². The summed E-state index contributed by atoms with van der Waals surface area (Å²) in [6.07, 6.45) is 0. The van der Waals surface area contributed by atoms with Gasteiger partial charge in [0.2, 0.25) is 0 Å². The minimum Gasteiger partial charge on any atom is -0.456 e. The molecule has 0 N–H and O–H groups in total. The molecule has 3 heteroatoms. The molecule has 0 radical (unpaired) electrons. The van der Waals surface area contributed by atoms with Crippen LogP contribution in [0.4, 0.5) is 34.1 Å². The summed E-state index contributed by atoms with van der Waals surface area (Å²) in [6.45, 7) is 0. The maximum absolute atomic E-state index is 6.17. The normalized spacial score (nSPS) is 13.1. The van der Waals surface area contributed by atoms with Gasteiger partial charge in [-0.2, -0.15) is 0 Å². The third-order valence-electron chi connectivity index (χ3n) is 13.5. The van der Waals surface area contributed by atoms with E-state index in [1.165, 1.54) is 55.9 Å². The van der Waals surface area contributed by atoms with Gasteiger partial charge in [-0.15, -0.1) is 0 Å². The SMILES string of the molecule is c1ccc(-c2ccc(N(c3ccc(-c4ccc5oc6ccccc6c5c4)cc3)c3ccc4c(c3)-c3ccccc3C43c4ccccc4N(c4ccccc4)c4ccccc43)cc2)cc1. The van der Waals surface area contributed by atoms with Gasteiger partial charge < -0.3 is 14.2 Å². The van der Waals surface area contributed by atoms with Crippen LogP contribution in [0.1, 0.15) is 22.3 Å². The van der Waals surface area contributed by atoms with Crippen LogP contribution in [-0.4, -0.2) is 0 Å². The van der Waals surface area contributed by atoms with Gasteiger partial charge in [0.15, 0.2) is 0 Å². The molecular weight excluding hydrogens is 777 g/mol. The lowest BCUT2D eigenvalue weighted by Crippen LogP contribution is -2.36. The van der Waals surface area contributed by atoms with Crippen molar-refractivity contribution in [2.75, 3.05) is 9.80 Å². The molecule has 300 valence electrons. The average Bonchev–Trinajstić information content (AvgIpc) is 3.88. The maximum Gasteiger partial charge on any atom is 0.135 e. The number of anilines is 6. The van der Waals surface area contributed by atoms with Crippen LogP contribution < -0.4 is 9.80 Å². The van der Waals surface area contributed by atoms with Crippen molar-refractivity contribution in [1.29, 1.82) is 0 Å². The van der Waals surface area contributed by atoms with E-state index in [2.05, 4.69) is 240 Å². The van der Waals surface area contributed by atoms with Crippen molar-refractivity contribution in [2.24, 2.45) is 0 Å². The number of hydrogen-bond acceptors (Lipinski definition) is 3. The number of fused-ring (bicyclic) bond motifs is 12. The summed E-state index contributed by atoms with van der Waals surface area (Å²) in [6, 6.07) is 88.4. The number of para-hydroxylation sites is 4. The number of hydrogen-bond donors (Lipinski definition) is 0. The summed E-state index contributed by atoms with van der Waals surface area (Å²) >= 11 is 0. The van der Waals surface area contributed by atoms with E-state index in [4.69, 9.17) is 4.42 Å². The molecule has 1 aromatic heterocycles. The number of nitrogens with zero attached hydrogens (tertiary/aromatic N) is 2. The van der Waals surface area contributed by atoms with Crippen molar-refractivity contribution in [3.8, 4) is 33.4 Å². The van der Waals surface area contributed by atoms with E-state index in [-0.39, 0.29) is 0 Å². The zero-order chi connectivity index (χ0) is 42.2. The fourth-order valence-corrected chi connectivity index (χ4v) is 10.7. The first-order valence-corrected chi connectivity index (χ1v) is 22.0. The monoisotopic (exact) mass is 816 g/mol. The second-order valence-electron chi connectivity index (χ2n) is 16.8. The molecule has 3 nitrogen and oxygen atoms in total. The van der Waals surface area contributed by atoms with Crippen molar-refractivity contribution < 1.29 is 4.42 Å². The topological polar surface area (TPSA) is 19.6 Å². The fourth-order valence-electron chi connectivity index (χ4n) is 10.7. The molecule has 0 saturated heterocycles. The largest absolute Gasteiger partial charge is 0.456 e. The van der Waals surface area contributed by atoms with Crippen LogP contribution in [0.25, 0.3) is 55.3 Å². The number of benzene rings is 10. The third kappa shape index (κ3) is 5.41. The molecule has 1 spiro atoms. The van der Waals surface area contributed by atoms with Gasteiger partial charge in [0.05, 0.1) is 16.8 Å². The Hall–Kier alpha value is -8.40. The molecule has 10 aromatic carbocycles. The van der Waals surface area contributed by atoms with E-state index in [9.17, 15) is 0 Å². The summed E-state index contributed by atoms with van der Waals surface area (Å²) < 4.78 is 6.17. The predicted molar refractivity (Wildman–Crippen MR) is 265 cm³/mol. The molecular formula is C61H40N2O. The first-order valence-electron chi connectivity index (χ1n) is 22.0. The lowest BCUT2D eigenvalue weighted by molar-refractivity contribution is 0.669. The Morgan fingerprint density at radius 2 is 0.828 bits per heavy atom. The molecule has 2 heterocycles. The Labute approximate surface area is 372 Å². The van der Waals surface area contributed by atoms with E-state index in [1.54, 1.807) is 0 Å². The van der Waals surface area contributed by atoms with E-state index in [0.717, 1.165) is 55.8 Å². The Morgan fingerprint density at radius 1 is 0.328 bits per heavy atom. The molecule has 2 aliphatic rings. The van der Waals surface area contributed by atoms with Crippen LogP contribution in [0.5, 0.6) is 0 Å². The van der Waals surface area contributed by atoms with Crippen LogP contribution >= 0.6 is 0 Å². The zero-order valence-corrected chi connectivity index (χ0v) is 34.9. The summed E-state index contributed by atoms with van der Waals surface area (Å²) in [5, 5.41) is 2.26. The Bertz CT molecular complexity index is 3510. The van der Waals surface area contributed by atoms with Crippen LogP contribution in [-0.2, 0) is 5.41 Å². The molecule has 0 saturated carbocycles. The quantitative estimate of drug-likeness (QED) is 0.167. The second-order valence-corrected chi connectivity index (χ2v) is 16.8. The first kappa shape index (κ1) is 36.3. The molecule has 13 rings (SSSR count). The molecule has 64 heavy (non-hydrogen) atoms. The minimum absolute atomic E-state index is 0.520. The van der Waals surface area contributed by atoms with E-state index in [1.807, 2.05) is 12.1 Å². The third-order valence-corrected chi connectivity index (χ3v) is 13.5. The number of rotatable bonds is 6. The molecule has 11 aromatic rings. The fraction of sp³-hybridized carbons (Fsp3) is 0.0164. The Morgan fingerprint density at radius 3 is 1.53 bits per heavy atom. The molecule has 0 fully saturated rings. The standard InChI is InChI=1S/C61H40N2O/c1-3-15-41(16-4-1)42-27-32-46(33-28-42)62(47-34-29-43(30-35-47)44-31-38-60-52(39-44)50-20-8-14-26-59(50)64-60)48-36-37-54-51(40-48)49-19-7-9-21-53(49)61(54)55-22-10-12-24-57(55)63(45-17-5-2-6-18-45)58-25-13-11-23-56(58)61/h1-40H. The van der Waals surface area contributed by atoms with Gasteiger partial charge >= 0.3 is 0 Å². The van der Waals surface area contributed by atoms with Gasteiger partial charge in [0.1, 0.15) is 11.2 Å². The number of furan rings is 1. The van der Waals surface area contributed by atoms with E-state index < -0.39 is 5.41 Å². The van der Waals surface area contributed by atoms with Gasteiger partial charge in [-0.25, -0.2) is 0 Å². The second kappa shape index (κ2) is 14.3. The molecule has 1 aliphatic heterocycles. The summed E-state index contributed by atoms with van der Waals surface area (Å²) in [5.74, 6) is 0. The van der Waals surface area contributed by atoms with Crippen molar-refractivity contribution in [1.82, 2.24) is 0 Å². The van der Waals surface area contributed by atoms with E-state index in [0.29, 0.717) is 0 Å². The zero-order valence-electron chi connectivity index (χ0n) is 34.9. The highest BCUT2D eigenvalue weighted by molar-refractivity contribution is 6.06. The van der Waals surface area contributed by atoms with Gasteiger partial charge in [-0.3, -0.25) is 0 Å². The molecule has 0 amide bonds. The van der Waals surface area contributed by atoms with Crippen molar-refractivity contribution in [3.63, 3.8) is 0 Å². The van der Waals surface area contributed by atoms with E-state index >= 15 is 0 Å². The van der Waals surface area contributed by atoms with Gasteiger partial charge in [-0.05, 0) is 134 Å².